The second-order valence-corrected chi connectivity index (χ2v) is 15.5. The Bertz CT molecular complexity index is 1340. The molecule has 3 saturated heterocycles. The molecule has 3 unspecified atom stereocenters. The van der Waals surface area contributed by atoms with Crippen LogP contribution < -0.4 is 10.6 Å². The van der Waals surface area contributed by atoms with E-state index in [1.807, 2.05) is 47.4 Å². The van der Waals surface area contributed by atoms with Gasteiger partial charge in [0.25, 0.3) is 0 Å². The van der Waals surface area contributed by atoms with E-state index < -0.39 is 16.1 Å². The minimum absolute atomic E-state index is 0.0758. The van der Waals surface area contributed by atoms with Crippen molar-refractivity contribution >= 4 is 33.4 Å². The first kappa shape index (κ1) is 29.9. The zero-order chi connectivity index (χ0) is 29.5. The third-order valence-corrected chi connectivity index (χ3v) is 12.1. The summed E-state index contributed by atoms with van der Waals surface area (Å²) in [7, 11) is -3.36. The molecule has 1 aromatic rings. The van der Waals surface area contributed by atoms with Crippen molar-refractivity contribution in [2.75, 3.05) is 32.4 Å². The van der Waals surface area contributed by atoms with E-state index in [0.29, 0.717) is 42.9 Å². The van der Waals surface area contributed by atoms with Gasteiger partial charge in [0.05, 0.1) is 12.3 Å². The number of fused-ring (bicyclic) bond motifs is 3. The second-order valence-electron chi connectivity index (χ2n) is 13.2. The molecular formula is C32H43ClN4O4S. The van der Waals surface area contributed by atoms with Gasteiger partial charge in [-0.25, -0.2) is 8.42 Å². The molecule has 5 aliphatic rings. The Hall–Kier alpha value is -2.20. The maximum absolute atomic E-state index is 14.1. The SMILES string of the molecule is CS(=O)(=O)N1CC2(CCN(C(=O)[C@@H](Cc3ccc(Cl)cc3)NC(=O)C3C[C@@H]4CCCC[C@@H]4CN3)CC2)C2C=CC=CC21. The topological polar surface area (TPSA) is 98.8 Å². The Morgan fingerprint density at radius 2 is 1.76 bits per heavy atom. The molecule has 42 heavy (non-hydrogen) atoms. The van der Waals surface area contributed by atoms with Crippen LogP contribution in [0.4, 0.5) is 0 Å². The summed E-state index contributed by atoms with van der Waals surface area (Å²) in [5, 5.41) is 7.24. The average molecular weight is 615 g/mol. The fraction of sp³-hybridized carbons (Fsp3) is 0.625. The van der Waals surface area contributed by atoms with Crippen LogP contribution in [-0.4, -0.2) is 80.0 Å². The number of nitrogens with one attached hydrogen (secondary N) is 2. The van der Waals surface area contributed by atoms with Crippen molar-refractivity contribution < 1.29 is 18.0 Å². The first-order chi connectivity index (χ1) is 20.1. The van der Waals surface area contributed by atoms with Crippen LogP contribution in [0, 0.1) is 23.2 Å². The average Bonchev–Trinajstić information content (AvgIpc) is 3.32. The molecule has 4 fully saturated rings. The molecule has 2 aliphatic carbocycles. The largest absolute Gasteiger partial charge is 0.343 e. The van der Waals surface area contributed by atoms with Crippen molar-refractivity contribution in [3.05, 3.63) is 59.2 Å². The van der Waals surface area contributed by atoms with Crippen LogP contribution in [0.5, 0.6) is 0 Å². The van der Waals surface area contributed by atoms with Crippen LogP contribution in [-0.2, 0) is 26.0 Å². The summed E-state index contributed by atoms with van der Waals surface area (Å²) in [5.41, 5.74) is 0.737. The molecule has 0 aromatic heterocycles. The molecule has 228 valence electrons. The first-order valence-electron chi connectivity index (χ1n) is 15.5. The second kappa shape index (κ2) is 12.1. The van der Waals surface area contributed by atoms with E-state index in [0.717, 1.165) is 31.4 Å². The van der Waals surface area contributed by atoms with Gasteiger partial charge in [-0.1, -0.05) is 67.3 Å². The molecule has 2 amide bonds. The van der Waals surface area contributed by atoms with Gasteiger partial charge in [-0.2, -0.15) is 4.31 Å². The first-order valence-corrected chi connectivity index (χ1v) is 17.7. The number of amides is 2. The van der Waals surface area contributed by atoms with Crippen LogP contribution in [0.2, 0.25) is 5.02 Å². The number of allylic oxidation sites excluding steroid dienone is 2. The van der Waals surface area contributed by atoms with Gasteiger partial charge < -0.3 is 15.5 Å². The molecule has 10 heteroatoms. The molecule has 1 aromatic carbocycles. The zero-order valence-corrected chi connectivity index (χ0v) is 26.0. The number of carbonyl (C=O) groups excluding carboxylic acids is 2. The number of piperidine rings is 2. The highest BCUT2D eigenvalue weighted by atomic mass is 35.5. The predicted molar refractivity (Wildman–Crippen MR) is 164 cm³/mol. The monoisotopic (exact) mass is 614 g/mol. The maximum atomic E-state index is 14.1. The molecule has 1 spiro atoms. The van der Waals surface area contributed by atoms with E-state index >= 15 is 0 Å². The molecule has 8 nitrogen and oxygen atoms in total. The maximum Gasteiger partial charge on any atom is 0.245 e. The summed E-state index contributed by atoms with van der Waals surface area (Å²) in [6.45, 7) is 2.41. The van der Waals surface area contributed by atoms with Gasteiger partial charge in [0.2, 0.25) is 21.8 Å². The molecule has 3 heterocycles. The smallest absolute Gasteiger partial charge is 0.245 e. The summed E-state index contributed by atoms with van der Waals surface area (Å²) >= 11 is 6.12. The number of nitrogens with zero attached hydrogens (tertiary/aromatic N) is 2. The summed E-state index contributed by atoms with van der Waals surface area (Å²) in [4.78, 5) is 29.5. The molecule has 3 aliphatic heterocycles. The number of hydrogen-bond donors (Lipinski definition) is 2. The van der Waals surface area contributed by atoms with E-state index in [9.17, 15) is 18.0 Å². The standard InChI is InChI=1S/C32H43ClN4O4S/c1-42(40,41)37-21-32(26-8-4-5-9-29(26)37)14-16-36(17-15-32)31(39)28(18-22-10-12-25(33)13-11-22)35-30(38)27-19-23-6-2-3-7-24(23)20-34-27/h4-5,8-13,23-24,26-29,34H,2-3,6-7,14-21H2,1H3,(H,35,38)/t23-,24+,26?,27?,28+,29?/m0/s1. The predicted octanol–water partition coefficient (Wildman–Crippen LogP) is 3.53. The lowest BCUT2D eigenvalue weighted by Crippen LogP contribution is -2.58. The Kier molecular flexibility index (Phi) is 8.57. The molecule has 0 radical (unpaired) electrons. The molecule has 0 bridgehead atoms. The van der Waals surface area contributed by atoms with E-state index in [2.05, 4.69) is 16.7 Å². The van der Waals surface area contributed by atoms with Gasteiger partial charge in [-0.05, 0) is 67.2 Å². The summed E-state index contributed by atoms with van der Waals surface area (Å²) in [6, 6.07) is 6.31. The van der Waals surface area contributed by atoms with Gasteiger partial charge in [0, 0.05) is 43.0 Å². The van der Waals surface area contributed by atoms with Gasteiger partial charge in [-0.3, -0.25) is 9.59 Å². The summed E-state index contributed by atoms with van der Waals surface area (Å²) in [5.74, 6) is 1.15. The number of sulfonamides is 1. The zero-order valence-electron chi connectivity index (χ0n) is 24.4. The van der Waals surface area contributed by atoms with Crippen molar-refractivity contribution in [2.24, 2.45) is 23.2 Å². The van der Waals surface area contributed by atoms with E-state index in [1.54, 1.807) is 4.31 Å². The van der Waals surface area contributed by atoms with Crippen molar-refractivity contribution in [1.82, 2.24) is 19.8 Å². The lowest BCUT2D eigenvalue weighted by Gasteiger charge is -2.43. The number of carbonyl (C=O) groups is 2. The molecular weight excluding hydrogens is 572 g/mol. The molecule has 6 atom stereocenters. The third-order valence-electron chi connectivity index (χ3n) is 10.6. The number of rotatable bonds is 6. The summed E-state index contributed by atoms with van der Waals surface area (Å²) < 4.78 is 26.9. The summed E-state index contributed by atoms with van der Waals surface area (Å²) in [6.07, 6.45) is 16.9. The Morgan fingerprint density at radius 3 is 2.48 bits per heavy atom. The van der Waals surface area contributed by atoms with Crippen LogP contribution in [0.3, 0.4) is 0 Å². The highest BCUT2D eigenvalue weighted by molar-refractivity contribution is 7.88. The van der Waals surface area contributed by atoms with Crippen LogP contribution in [0.1, 0.15) is 50.5 Å². The van der Waals surface area contributed by atoms with Gasteiger partial charge in [0.1, 0.15) is 6.04 Å². The van der Waals surface area contributed by atoms with Crippen LogP contribution in [0.25, 0.3) is 0 Å². The fourth-order valence-electron chi connectivity index (χ4n) is 8.25. The van der Waals surface area contributed by atoms with Crippen LogP contribution >= 0.6 is 11.6 Å². The fourth-order valence-corrected chi connectivity index (χ4v) is 9.51. The van der Waals surface area contributed by atoms with Gasteiger partial charge in [-0.15, -0.1) is 0 Å². The quantitative estimate of drug-likeness (QED) is 0.511. The van der Waals surface area contributed by atoms with Gasteiger partial charge in [0.15, 0.2) is 0 Å². The molecule has 1 saturated carbocycles. The molecule has 6 rings (SSSR count). The number of halogens is 1. The third kappa shape index (κ3) is 6.07. The lowest BCUT2D eigenvalue weighted by atomic mass is 9.68. The Balaban J connectivity index is 1.15. The highest BCUT2D eigenvalue weighted by Gasteiger charge is 2.54. The normalized spacial score (nSPS) is 31.4. The Morgan fingerprint density at radius 1 is 1.07 bits per heavy atom. The number of benzene rings is 1. The van der Waals surface area contributed by atoms with Crippen molar-refractivity contribution in [3.8, 4) is 0 Å². The van der Waals surface area contributed by atoms with Crippen molar-refractivity contribution in [3.63, 3.8) is 0 Å². The van der Waals surface area contributed by atoms with E-state index in [-0.39, 0.29) is 35.2 Å². The Labute approximate surface area is 255 Å². The van der Waals surface area contributed by atoms with E-state index in [1.165, 1.54) is 31.9 Å². The van der Waals surface area contributed by atoms with Crippen LogP contribution in [0.15, 0.2) is 48.6 Å². The van der Waals surface area contributed by atoms with E-state index in [4.69, 9.17) is 11.6 Å². The molecule has 2 N–H and O–H groups in total. The number of likely N-dealkylation sites (tertiary alicyclic amines) is 1. The minimum Gasteiger partial charge on any atom is -0.343 e. The highest BCUT2D eigenvalue weighted by Crippen LogP contribution is 2.50. The van der Waals surface area contributed by atoms with Crippen molar-refractivity contribution in [1.29, 1.82) is 0 Å². The van der Waals surface area contributed by atoms with Gasteiger partial charge >= 0.3 is 0 Å². The number of hydrogen-bond acceptors (Lipinski definition) is 5. The van der Waals surface area contributed by atoms with Crippen molar-refractivity contribution in [2.45, 2.75) is 69.5 Å². The lowest BCUT2D eigenvalue weighted by molar-refractivity contribution is -0.139. The minimum atomic E-state index is -3.36.